The fraction of sp³-hybridized carbons (Fsp3) is 0.667. The number of oxazole rings is 1. The van der Waals surface area contributed by atoms with Gasteiger partial charge in [-0.05, 0) is 0 Å². The second kappa shape index (κ2) is 4.38. The van der Waals surface area contributed by atoms with Gasteiger partial charge in [-0.25, -0.2) is 0 Å². The zero-order chi connectivity index (χ0) is 12.5. The average molecular weight is 234 g/mol. The lowest BCUT2D eigenvalue weighted by molar-refractivity contribution is 0.387. The quantitative estimate of drug-likeness (QED) is 0.792. The lowest BCUT2D eigenvalue weighted by atomic mass is 9.97. The van der Waals surface area contributed by atoms with Gasteiger partial charge in [0.1, 0.15) is 6.07 Å². The van der Waals surface area contributed by atoms with Crippen LogP contribution >= 0.6 is 0 Å². The van der Waals surface area contributed by atoms with Gasteiger partial charge >= 0.3 is 0 Å². The first-order valence-corrected chi connectivity index (χ1v) is 5.89. The average Bonchev–Trinajstić information content (AvgIpc) is 2.73. The Morgan fingerprint density at radius 2 is 2.00 bits per heavy atom. The molecule has 17 heavy (non-hydrogen) atoms. The second-order valence-electron chi connectivity index (χ2n) is 5.27. The fourth-order valence-corrected chi connectivity index (χ4v) is 1.79. The van der Waals surface area contributed by atoms with Crippen LogP contribution in [0.25, 0.3) is 0 Å². The van der Waals surface area contributed by atoms with Crippen LogP contribution in [-0.4, -0.2) is 31.2 Å². The van der Waals surface area contributed by atoms with Crippen molar-refractivity contribution in [3.8, 4) is 6.07 Å². The molecule has 92 valence electrons. The Morgan fingerprint density at radius 3 is 2.53 bits per heavy atom. The molecular formula is C12H18N4O. The van der Waals surface area contributed by atoms with Gasteiger partial charge in [-0.2, -0.15) is 10.2 Å². The molecule has 2 rings (SSSR count). The third kappa shape index (κ3) is 2.42. The summed E-state index contributed by atoms with van der Waals surface area (Å²) in [6.45, 7) is 9.62. The van der Waals surface area contributed by atoms with Gasteiger partial charge in [0.05, 0.1) is 0 Å². The molecule has 1 aliphatic heterocycles. The molecular weight excluding hydrogens is 216 g/mol. The van der Waals surface area contributed by atoms with Crippen molar-refractivity contribution in [1.29, 1.82) is 5.26 Å². The van der Waals surface area contributed by atoms with Crippen LogP contribution in [0.5, 0.6) is 0 Å². The first-order valence-electron chi connectivity index (χ1n) is 5.89. The standard InChI is InChI=1S/C12H18N4O/c1-12(2,3)11-15-9(8-13)10(17-11)16-6-4-14-5-7-16/h14H,4-7H2,1-3H3. The lowest BCUT2D eigenvalue weighted by Gasteiger charge is -2.26. The Bertz CT molecular complexity index is 432. The van der Waals surface area contributed by atoms with E-state index in [4.69, 9.17) is 9.68 Å². The molecule has 2 heterocycles. The third-order valence-electron chi connectivity index (χ3n) is 2.76. The molecule has 5 heteroatoms. The molecule has 1 saturated heterocycles. The van der Waals surface area contributed by atoms with Gasteiger partial charge in [-0.15, -0.1) is 0 Å². The Labute approximate surface area is 101 Å². The van der Waals surface area contributed by atoms with Gasteiger partial charge in [0.15, 0.2) is 0 Å². The zero-order valence-corrected chi connectivity index (χ0v) is 10.6. The molecule has 0 atom stereocenters. The monoisotopic (exact) mass is 234 g/mol. The summed E-state index contributed by atoms with van der Waals surface area (Å²) in [6, 6.07) is 2.12. The topological polar surface area (TPSA) is 65.1 Å². The fourth-order valence-electron chi connectivity index (χ4n) is 1.79. The first-order chi connectivity index (χ1) is 8.02. The lowest BCUT2D eigenvalue weighted by Crippen LogP contribution is -2.43. The van der Waals surface area contributed by atoms with Crippen LogP contribution in [0.4, 0.5) is 5.88 Å². The van der Waals surface area contributed by atoms with Gasteiger partial charge in [0.2, 0.25) is 17.5 Å². The first kappa shape index (κ1) is 11.9. The molecule has 0 saturated carbocycles. The van der Waals surface area contributed by atoms with Crippen LogP contribution < -0.4 is 10.2 Å². The van der Waals surface area contributed by atoms with E-state index in [-0.39, 0.29) is 5.41 Å². The van der Waals surface area contributed by atoms with Gasteiger partial charge < -0.3 is 14.6 Å². The number of hydrogen-bond acceptors (Lipinski definition) is 5. The van der Waals surface area contributed by atoms with E-state index in [9.17, 15) is 0 Å². The summed E-state index contributed by atoms with van der Waals surface area (Å²) >= 11 is 0. The van der Waals surface area contributed by atoms with Crippen molar-refractivity contribution in [2.45, 2.75) is 26.2 Å². The number of rotatable bonds is 1. The maximum Gasteiger partial charge on any atom is 0.234 e. The minimum Gasteiger partial charge on any atom is -0.423 e. The number of aromatic nitrogens is 1. The number of piperazine rings is 1. The van der Waals surface area contributed by atoms with Gasteiger partial charge in [0.25, 0.3) is 0 Å². The maximum absolute atomic E-state index is 9.11. The molecule has 0 unspecified atom stereocenters. The molecule has 1 N–H and O–H groups in total. The Morgan fingerprint density at radius 1 is 1.35 bits per heavy atom. The Kier molecular flexibility index (Phi) is 3.07. The predicted molar refractivity (Wildman–Crippen MR) is 65.0 cm³/mol. The largest absolute Gasteiger partial charge is 0.423 e. The molecule has 0 radical (unpaired) electrons. The number of hydrogen-bond donors (Lipinski definition) is 1. The minimum atomic E-state index is -0.169. The van der Waals surface area contributed by atoms with Crippen LogP contribution in [0.2, 0.25) is 0 Å². The van der Waals surface area contributed by atoms with Crippen LogP contribution in [0.1, 0.15) is 32.4 Å². The van der Waals surface area contributed by atoms with Gasteiger partial charge in [-0.3, -0.25) is 0 Å². The van der Waals surface area contributed by atoms with Gasteiger partial charge in [0, 0.05) is 31.6 Å². The van der Waals surface area contributed by atoms with E-state index >= 15 is 0 Å². The van der Waals surface area contributed by atoms with Crippen molar-refractivity contribution < 1.29 is 4.42 Å². The highest BCUT2D eigenvalue weighted by Crippen LogP contribution is 2.29. The van der Waals surface area contributed by atoms with E-state index in [2.05, 4.69) is 21.3 Å². The molecule has 0 aromatic carbocycles. The van der Waals surface area contributed by atoms with Crippen LogP contribution in [0.3, 0.4) is 0 Å². The van der Waals surface area contributed by atoms with Crippen molar-refractivity contribution in [3.05, 3.63) is 11.6 Å². The molecule has 1 aromatic heterocycles. The highest BCUT2D eigenvalue weighted by Gasteiger charge is 2.26. The molecule has 1 aromatic rings. The SMILES string of the molecule is CC(C)(C)c1nc(C#N)c(N2CCNCC2)o1. The minimum absolute atomic E-state index is 0.169. The van der Waals surface area contributed by atoms with Crippen molar-refractivity contribution in [3.63, 3.8) is 0 Å². The van der Waals surface area contributed by atoms with Gasteiger partial charge in [-0.1, -0.05) is 20.8 Å². The van der Waals surface area contributed by atoms with Crippen LogP contribution in [-0.2, 0) is 5.41 Å². The van der Waals surface area contributed by atoms with Crippen molar-refractivity contribution in [2.75, 3.05) is 31.1 Å². The number of nitriles is 1. The van der Waals surface area contributed by atoms with E-state index < -0.39 is 0 Å². The van der Waals surface area contributed by atoms with Crippen LogP contribution in [0.15, 0.2) is 4.42 Å². The number of anilines is 1. The summed E-state index contributed by atoms with van der Waals surface area (Å²) in [5, 5.41) is 12.4. The van der Waals surface area contributed by atoms with E-state index in [0.717, 1.165) is 26.2 Å². The Balaban J connectivity index is 2.33. The smallest absolute Gasteiger partial charge is 0.234 e. The number of nitrogens with zero attached hydrogens (tertiary/aromatic N) is 3. The molecule has 5 nitrogen and oxygen atoms in total. The summed E-state index contributed by atoms with van der Waals surface area (Å²) in [7, 11) is 0. The molecule has 1 aliphatic rings. The molecule has 1 fully saturated rings. The molecule has 0 aliphatic carbocycles. The van der Waals surface area contributed by atoms with Crippen molar-refractivity contribution in [2.24, 2.45) is 0 Å². The van der Waals surface area contributed by atoms with Crippen molar-refractivity contribution >= 4 is 5.88 Å². The predicted octanol–water partition coefficient (Wildman–Crippen LogP) is 1.25. The molecule has 0 bridgehead atoms. The normalized spacial score (nSPS) is 16.9. The highest BCUT2D eigenvalue weighted by molar-refractivity contribution is 5.48. The summed E-state index contributed by atoms with van der Waals surface area (Å²) in [4.78, 5) is 6.37. The highest BCUT2D eigenvalue weighted by atomic mass is 16.4. The van der Waals surface area contributed by atoms with E-state index in [0.29, 0.717) is 17.5 Å². The molecule has 0 amide bonds. The van der Waals surface area contributed by atoms with Crippen LogP contribution in [0, 0.1) is 11.3 Å². The zero-order valence-electron chi connectivity index (χ0n) is 10.6. The van der Waals surface area contributed by atoms with E-state index in [1.54, 1.807) is 0 Å². The van der Waals surface area contributed by atoms with Crippen molar-refractivity contribution in [1.82, 2.24) is 10.3 Å². The van der Waals surface area contributed by atoms with E-state index in [1.165, 1.54) is 0 Å². The summed E-state index contributed by atoms with van der Waals surface area (Å²) in [5.74, 6) is 1.25. The Hall–Kier alpha value is -1.54. The number of nitrogens with one attached hydrogen (secondary N) is 1. The van der Waals surface area contributed by atoms with E-state index in [1.807, 2.05) is 20.8 Å². The second-order valence-corrected chi connectivity index (χ2v) is 5.27. The molecule has 0 spiro atoms. The summed E-state index contributed by atoms with van der Waals surface area (Å²) in [5.41, 5.74) is 0.231. The maximum atomic E-state index is 9.11. The summed E-state index contributed by atoms with van der Waals surface area (Å²) in [6.07, 6.45) is 0. The third-order valence-corrected chi connectivity index (χ3v) is 2.76. The summed E-state index contributed by atoms with van der Waals surface area (Å²) < 4.78 is 5.77.